The summed E-state index contributed by atoms with van der Waals surface area (Å²) in [4.78, 5) is 11.8. The summed E-state index contributed by atoms with van der Waals surface area (Å²) in [5.74, 6) is 1.39. The summed E-state index contributed by atoms with van der Waals surface area (Å²) in [5, 5.41) is 14.0. The molecule has 2 amide bonds. The van der Waals surface area contributed by atoms with Gasteiger partial charge in [0.25, 0.3) is 0 Å². The van der Waals surface area contributed by atoms with Crippen LogP contribution in [-0.4, -0.2) is 27.2 Å². The predicted octanol–water partition coefficient (Wildman–Crippen LogP) is 2.53. The van der Waals surface area contributed by atoms with Gasteiger partial charge in [-0.25, -0.2) is 4.79 Å². The van der Waals surface area contributed by atoms with Gasteiger partial charge in [0.1, 0.15) is 0 Å². The minimum Gasteiger partial charge on any atom is -0.338 e. The Hall–Kier alpha value is -2.11. The summed E-state index contributed by atoms with van der Waals surface area (Å²) in [6, 6.07) is 5.34. The first-order chi connectivity index (χ1) is 10.1. The number of hydrogen-bond donors (Lipinski definition) is 2. The molecular weight excluding hydrogens is 266 g/mol. The standard InChI is InChI=1S/C15H23N5O/c1-11(2)7-6-9-16-15(21)17-12(3)14-19-18-13-8-4-5-10-20(13)14/h4-5,8,10-12H,6-7,9H2,1-3H3,(H2,16,17,21). The number of urea groups is 1. The lowest BCUT2D eigenvalue weighted by molar-refractivity contribution is 0.237. The van der Waals surface area contributed by atoms with Crippen LogP contribution in [0.15, 0.2) is 24.4 Å². The highest BCUT2D eigenvalue weighted by molar-refractivity contribution is 5.74. The van der Waals surface area contributed by atoms with Crippen molar-refractivity contribution in [3.05, 3.63) is 30.2 Å². The molecule has 0 aliphatic rings. The molecule has 114 valence electrons. The second kappa shape index (κ2) is 7.06. The number of carbonyl (C=O) groups is 1. The van der Waals surface area contributed by atoms with Crippen LogP contribution in [0.4, 0.5) is 4.79 Å². The molecule has 0 spiro atoms. The van der Waals surface area contributed by atoms with Crippen molar-refractivity contribution in [2.45, 2.75) is 39.7 Å². The lowest BCUT2D eigenvalue weighted by Crippen LogP contribution is -2.38. The Labute approximate surface area is 125 Å². The summed E-state index contributed by atoms with van der Waals surface area (Å²) in [6.45, 7) is 6.95. The van der Waals surface area contributed by atoms with Crippen LogP contribution in [-0.2, 0) is 0 Å². The van der Waals surface area contributed by atoms with Gasteiger partial charge >= 0.3 is 6.03 Å². The molecule has 0 saturated carbocycles. The third-order valence-electron chi connectivity index (χ3n) is 3.32. The number of rotatable bonds is 6. The van der Waals surface area contributed by atoms with Crippen molar-refractivity contribution in [2.24, 2.45) is 5.92 Å². The van der Waals surface area contributed by atoms with E-state index in [1.54, 1.807) is 0 Å². The number of fused-ring (bicyclic) bond motifs is 1. The number of aromatic nitrogens is 3. The smallest absolute Gasteiger partial charge is 0.315 e. The Kier molecular flexibility index (Phi) is 5.14. The van der Waals surface area contributed by atoms with E-state index in [2.05, 4.69) is 34.7 Å². The molecule has 0 aromatic carbocycles. The largest absolute Gasteiger partial charge is 0.338 e. The molecule has 6 heteroatoms. The molecule has 2 N–H and O–H groups in total. The van der Waals surface area contributed by atoms with E-state index in [-0.39, 0.29) is 12.1 Å². The highest BCUT2D eigenvalue weighted by atomic mass is 16.2. The van der Waals surface area contributed by atoms with E-state index in [9.17, 15) is 4.79 Å². The minimum atomic E-state index is -0.201. The first kappa shape index (κ1) is 15.3. The maximum Gasteiger partial charge on any atom is 0.315 e. The van der Waals surface area contributed by atoms with Crippen LogP contribution >= 0.6 is 0 Å². The van der Waals surface area contributed by atoms with E-state index in [0.29, 0.717) is 12.5 Å². The molecule has 2 rings (SSSR count). The van der Waals surface area contributed by atoms with Crippen LogP contribution in [0.25, 0.3) is 5.65 Å². The highest BCUT2D eigenvalue weighted by Gasteiger charge is 2.15. The fourth-order valence-electron chi connectivity index (χ4n) is 2.18. The number of pyridine rings is 1. The molecular formula is C15H23N5O. The molecule has 21 heavy (non-hydrogen) atoms. The van der Waals surface area contributed by atoms with E-state index in [0.717, 1.165) is 24.3 Å². The van der Waals surface area contributed by atoms with Gasteiger partial charge in [0.05, 0.1) is 6.04 Å². The molecule has 0 saturated heterocycles. The van der Waals surface area contributed by atoms with Gasteiger partial charge in [-0.15, -0.1) is 10.2 Å². The van der Waals surface area contributed by atoms with Gasteiger partial charge in [-0.1, -0.05) is 19.9 Å². The lowest BCUT2D eigenvalue weighted by atomic mass is 10.1. The van der Waals surface area contributed by atoms with Gasteiger partial charge in [0.2, 0.25) is 0 Å². The second-order valence-electron chi connectivity index (χ2n) is 5.65. The average molecular weight is 289 g/mol. The Morgan fingerprint density at radius 3 is 2.86 bits per heavy atom. The second-order valence-corrected chi connectivity index (χ2v) is 5.65. The molecule has 1 atom stereocenters. The van der Waals surface area contributed by atoms with Crippen molar-refractivity contribution >= 4 is 11.7 Å². The normalized spacial score (nSPS) is 12.6. The molecule has 0 fully saturated rings. The van der Waals surface area contributed by atoms with Gasteiger partial charge in [-0.2, -0.15) is 0 Å². The van der Waals surface area contributed by atoms with Crippen molar-refractivity contribution in [1.82, 2.24) is 25.2 Å². The highest BCUT2D eigenvalue weighted by Crippen LogP contribution is 2.11. The zero-order valence-electron chi connectivity index (χ0n) is 12.8. The van der Waals surface area contributed by atoms with Crippen LogP contribution in [0.2, 0.25) is 0 Å². The zero-order valence-corrected chi connectivity index (χ0v) is 12.8. The molecule has 6 nitrogen and oxygen atoms in total. The fraction of sp³-hybridized carbons (Fsp3) is 0.533. The summed E-state index contributed by atoms with van der Waals surface area (Å²) in [6.07, 6.45) is 4.00. The molecule has 0 aliphatic carbocycles. The molecule has 2 aromatic heterocycles. The molecule has 0 radical (unpaired) electrons. The molecule has 2 heterocycles. The van der Waals surface area contributed by atoms with E-state index >= 15 is 0 Å². The van der Waals surface area contributed by atoms with Crippen molar-refractivity contribution in [2.75, 3.05) is 6.54 Å². The van der Waals surface area contributed by atoms with E-state index in [4.69, 9.17) is 0 Å². The van der Waals surface area contributed by atoms with Crippen molar-refractivity contribution in [3.8, 4) is 0 Å². The molecule has 1 unspecified atom stereocenters. The Morgan fingerprint density at radius 2 is 2.10 bits per heavy atom. The van der Waals surface area contributed by atoms with Crippen molar-refractivity contribution < 1.29 is 4.79 Å². The minimum absolute atomic E-state index is 0.168. The van der Waals surface area contributed by atoms with E-state index in [1.807, 2.05) is 35.7 Å². The number of nitrogens with one attached hydrogen (secondary N) is 2. The van der Waals surface area contributed by atoms with Crippen LogP contribution in [0.1, 0.15) is 45.5 Å². The zero-order chi connectivity index (χ0) is 15.2. The van der Waals surface area contributed by atoms with E-state index in [1.165, 1.54) is 0 Å². The van der Waals surface area contributed by atoms with E-state index < -0.39 is 0 Å². The van der Waals surface area contributed by atoms with Crippen LogP contribution in [0, 0.1) is 5.92 Å². The quantitative estimate of drug-likeness (QED) is 0.803. The Morgan fingerprint density at radius 1 is 1.29 bits per heavy atom. The first-order valence-corrected chi connectivity index (χ1v) is 7.42. The van der Waals surface area contributed by atoms with Gasteiger partial charge < -0.3 is 10.6 Å². The summed E-state index contributed by atoms with van der Waals surface area (Å²) in [5.41, 5.74) is 0.776. The number of hydrogen-bond acceptors (Lipinski definition) is 3. The lowest BCUT2D eigenvalue weighted by Gasteiger charge is -2.13. The molecule has 2 aromatic rings. The maximum absolute atomic E-state index is 11.8. The third kappa shape index (κ3) is 4.18. The van der Waals surface area contributed by atoms with Gasteiger partial charge in [-0.3, -0.25) is 4.40 Å². The Bertz CT molecular complexity index is 593. The summed E-state index contributed by atoms with van der Waals surface area (Å²) < 4.78 is 1.88. The van der Waals surface area contributed by atoms with Crippen molar-refractivity contribution in [1.29, 1.82) is 0 Å². The SMILES string of the molecule is CC(C)CCCNC(=O)NC(C)c1nnc2ccccn12. The van der Waals surface area contributed by atoms with Gasteiger partial charge in [-0.05, 0) is 37.8 Å². The third-order valence-corrected chi connectivity index (χ3v) is 3.32. The fourth-order valence-corrected chi connectivity index (χ4v) is 2.18. The van der Waals surface area contributed by atoms with Crippen LogP contribution < -0.4 is 10.6 Å². The first-order valence-electron chi connectivity index (χ1n) is 7.42. The van der Waals surface area contributed by atoms with Crippen LogP contribution in [0.5, 0.6) is 0 Å². The molecule has 0 bridgehead atoms. The maximum atomic E-state index is 11.8. The van der Waals surface area contributed by atoms with Gasteiger partial charge in [0.15, 0.2) is 11.5 Å². The summed E-state index contributed by atoms with van der Waals surface area (Å²) >= 11 is 0. The predicted molar refractivity (Wildman–Crippen MR) is 82.0 cm³/mol. The van der Waals surface area contributed by atoms with Gasteiger partial charge in [0, 0.05) is 12.7 Å². The topological polar surface area (TPSA) is 71.3 Å². The Balaban J connectivity index is 1.86. The number of nitrogens with zero attached hydrogens (tertiary/aromatic N) is 3. The number of carbonyl (C=O) groups excluding carboxylic acids is 1. The van der Waals surface area contributed by atoms with Crippen LogP contribution in [0.3, 0.4) is 0 Å². The average Bonchev–Trinajstić information content (AvgIpc) is 2.87. The van der Waals surface area contributed by atoms with Crippen molar-refractivity contribution in [3.63, 3.8) is 0 Å². The monoisotopic (exact) mass is 289 g/mol. The number of amides is 2. The summed E-state index contributed by atoms with van der Waals surface area (Å²) in [7, 11) is 0. The molecule has 0 aliphatic heterocycles.